The Kier molecular flexibility index (Phi) is 5.25. The van der Waals surface area contributed by atoms with Gasteiger partial charge < -0.3 is 10.2 Å². The van der Waals surface area contributed by atoms with E-state index in [9.17, 15) is 9.59 Å². The maximum absolute atomic E-state index is 13.2. The summed E-state index contributed by atoms with van der Waals surface area (Å²) in [5, 5.41) is 6.37. The Bertz CT molecular complexity index is 1080. The summed E-state index contributed by atoms with van der Waals surface area (Å²) < 4.78 is 0. The van der Waals surface area contributed by atoms with Crippen molar-refractivity contribution in [1.29, 1.82) is 0 Å². The minimum atomic E-state index is -0.431. The van der Waals surface area contributed by atoms with Crippen molar-refractivity contribution in [3.63, 3.8) is 0 Å². The molecule has 4 rings (SSSR count). The van der Waals surface area contributed by atoms with Crippen molar-refractivity contribution < 1.29 is 9.59 Å². The lowest BCUT2D eigenvalue weighted by Crippen LogP contribution is -2.35. The van der Waals surface area contributed by atoms with Crippen LogP contribution in [0.4, 0.5) is 21.3 Å². The first-order valence-corrected chi connectivity index (χ1v) is 10.3. The smallest absolute Gasteiger partial charge is 0.308 e. The SMILES string of the molecule is Cc1nc(NC(=O)Nc2ccc(Cl)cc2)sc1C(=O)N1c2ccccc2CC1C. The average Bonchev–Trinajstić information content (AvgIpc) is 3.21. The molecule has 2 aromatic carbocycles. The highest BCUT2D eigenvalue weighted by Gasteiger charge is 2.33. The van der Waals surface area contributed by atoms with E-state index in [0.717, 1.165) is 17.7 Å². The van der Waals surface area contributed by atoms with Crippen molar-refractivity contribution in [2.45, 2.75) is 26.3 Å². The molecule has 0 radical (unpaired) electrons. The van der Waals surface area contributed by atoms with Gasteiger partial charge in [0.05, 0.1) is 5.69 Å². The van der Waals surface area contributed by atoms with E-state index in [1.165, 1.54) is 11.3 Å². The molecule has 6 nitrogen and oxygen atoms in total. The number of benzene rings is 2. The summed E-state index contributed by atoms with van der Waals surface area (Å²) in [4.78, 5) is 32.2. The summed E-state index contributed by atoms with van der Waals surface area (Å²) in [6.45, 7) is 3.81. The first-order chi connectivity index (χ1) is 13.9. The summed E-state index contributed by atoms with van der Waals surface area (Å²) >= 11 is 7.03. The summed E-state index contributed by atoms with van der Waals surface area (Å²) in [5.41, 5.74) is 3.31. The number of aromatic nitrogens is 1. The van der Waals surface area contributed by atoms with Gasteiger partial charge in [-0.3, -0.25) is 10.1 Å². The molecule has 0 spiro atoms. The normalized spacial score (nSPS) is 15.1. The number of nitrogens with one attached hydrogen (secondary N) is 2. The van der Waals surface area contributed by atoms with Gasteiger partial charge >= 0.3 is 6.03 Å². The van der Waals surface area contributed by atoms with Crippen LogP contribution in [-0.4, -0.2) is 23.0 Å². The number of para-hydroxylation sites is 1. The molecule has 1 aliphatic rings. The minimum absolute atomic E-state index is 0.0750. The van der Waals surface area contributed by atoms with Crippen LogP contribution in [-0.2, 0) is 6.42 Å². The van der Waals surface area contributed by atoms with Gasteiger partial charge in [0.1, 0.15) is 4.88 Å². The largest absolute Gasteiger partial charge is 0.325 e. The fourth-order valence-corrected chi connectivity index (χ4v) is 4.45. The number of hydrogen-bond donors (Lipinski definition) is 2. The van der Waals surface area contributed by atoms with E-state index in [4.69, 9.17) is 11.6 Å². The highest BCUT2D eigenvalue weighted by Crippen LogP contribution is 2.35. The molecule has 148 valence electrons. The summed E-state index contributed by atoms with van der Waals surface area (Å²) in [6, 6.07) is 14.4. The number of anilines is 3. The number of halogens is 1. The number of carbonyl (C=O) groups excluding carboxylic acids is 2. The topological polar surface area (TPSA) is 74.3 Å². The minimum Gasteiger partial charge on any atom is -0.308 e. The maximum atomic E-state index is 13.2. The van der Waals surface area contributed by atoms with E-state index in [2.05, 4.69) is 15.6 Å². The molecular weight excluding hydrogens is 408 g/mol. The standard InChI is InChI=1S/C21H19ClN4O2S/c1-12-11-14-5-3-4-6-17(14)26(12)19(27)18-13(2)23-21(29-18)25-20(28)24-16-9-7-15(22)8-10-16/h3-10,12H,11H2,1-2H3,(H2,23,24,25,28). The lowest BCUT2D eigenvalue weighted by atomic mass is 10.1. The van der Waals surface area contributed by atoms with Crippen molar-refractivity contribution in [1.82, 2.24) is 4.98 Å². The Balaban J connectivity index is 1.50. The second kappa shape index (κ2) is 7.85. The number of nitrogens with zero attached hydrogens (tertiary/aromatic N) is 2. The molecule has 1 unspecified atom stereocenters. The Morgan fingerprint density at radius 2 is 1.86 bits per heavy atom. The van der Waals surface area contributed by atoms with E-state index in [0.29, 0.717) is 26.4 Å². The molecule has 2 heterocycles. The molecule has 1 aliphatic heterocycles. The molecule has 3 aromatic rings. The lowest BCUT2D eigenvalue weighted by molar-refractivity contribution is 0.0984. The average molecular weight is 427 g/mol. The molecule has 8 heteroatoms. The lowest BCUT2D eigenvalue weighted by Gasteiger charge is -2.22. The zero-order valence-electron chi connectivity index (χ0n) is 15.9. The highest BCUT2D eigenvalue weighted by atomic mass is 35.5. The molecule has 2 N–H and O–H groups in total. The molecular formula is C21H19ClN4O2S. The monoisotopic (exact) mass is 426 g/mol. The van der Waals surface area contributed by atoms with Crippen LogP contribution in [0.25, 0.3) is 0 Å². The third kappa shape index (κ3) is 3.97. The van der Waals surface area contributed by atoms with Gasteiger partial charge in [-0.2, -0.15) is 0 Å². The Labute approximate surface area is 177 Å². The second-order valence-electron chi connectivity index (χ2n) is 6.88. The molecule has 0 bridgehead atoms. The van der Waals surface area contributed by atoms with Crippen molar-refractivity contribution in [3.05, 3.63) is 69.7 Å². The molecule has 0 aliphatic carbocycles. The first-order valence-electron chi connectivity index (χ1n) is 9.15. The van der Waals surface area contributed by atoms with Crippen LogP contribution in [0.1, 0.15) is 27.9 Å². The van der Waals surface area contributed by atoms with Gasteiger partial charge in [-0.15, -0.1) is 0 Å². The third-order valence-corrected chi connectivity index (χ3v) is 6.05. The summed E-state index contributed by atoms with van der Waals surface area (Å²) in [7, 11) is 0. The predicted octanol–water partition coefficient (Wildman–Crippen LogP) is 5.34. The van der Waals surface area contributed by atoms with Gasteiger partial charge in [-0.05, 0) is 56.2 Å². The van der Waals surface area contributed by atoms with Crippen LogP contribution >= 0.6 is 22.9 Å². The third-order valence-electron chi connectivity index (χ3n) is 4.74. The number of fused-ring (bicyclic) bond motifs is 1. The zero-order valence-corrected chi connectivity index (χ0v) is 17.5. The number of thiazole rings is 1. The number of hydrogen-bond acceptors (Lipinski definition) is 4. The quantitative estimate of drug-likeness (QED) is 0.593. The molecule has 0 fully saturated rings. The maximum Gasteiger partial charge on any atom is 0.325 e. The van der Waals surface area contributed by atoms with E-state index in [1.54, 1.807) is 31.2 Å². The van der Waals surface area contributed by atoms with Crippen molar-refractivity contribution in [2.24, 2.45) is 0 Å². The van der Waals surface area contributed by atoms with Crippen molar-refractivity contribution in [3.8, 4) is 0 Å². The Morgan fingerprint density at radius 3 is 2.62 bits per heavy atom. The fourth-order valence-electron chi connectivity index (χ4n) is 3.43. The van der Waals surface area contributed by atoms with Gasteiger partial charge in [0.15, 0.2) is 5.13 Å². The fraction of sp³-hybridized carbons (Fsp3) is 0.190. The zero-order chi connectivity index (χ0) is 20.5. The molecule has 3 amide bonds. The summed E-state index contributed by atoms with van der Waals surface area (Å²) in [6.07, 6.45) is 0.828. The number of amides is 3. The van der Waals surface area contributed by atoms with Crippen LogP contribution in [0.3, 0.4) is 0 Å². The van der Waals surface area contributed by atoms with E-state index >= 15 is 0 Å². The second-order valence-corrected chi connectivity index (χ2v) is 8.31. The number of urea groups is 1. The molecule has 0 saturated heterocycles. The molecule has 0 saturated carbocycles. The molecule has 29 heavy (non-hydrogen) atoms. The van der Waals surface area contributed by atoms with Crippen LogP contribution < -0.4 is 15.5 Å². The van der Waals surface area contributed by atoms with Gasteiger partial charge in [0, 0.05) is 22.4 Å². The van der Waals surface area contributed by atoms with Crippen molar-refractivity contribution in [2.75, 3.05) is 15.5 Å². The summed E-state index contributed by atoms with van der Waals surface area (Å²) in [5.74, 6) is -0.0939. The number of carbonyl (C=O) groups is 2. The van der Waals surface area contributed by atoms with Crippen molar-refractivity contribution >= 4 is 51.4 Å². The Morgan fingerprint density at radius 1 is 1.14 bits per heavy atom. The Hall–Kier alpha value is -2.90. The number of aryl methyl sites for hydroxylation is 1. The van der Waals surface area contributed by atoms with Crippen LogP contribution in [0, 0.1) is 6.92 Å². The van der Waals surface area contributed by atoms with E-state index in [1.807, 2.05) is 36.1 Å². The van der Waals surface area contributed by atoms with E-state index in [-0.39, 0.29) is 11.9 Å². The van der Waals surface area contributed by atoms with E-state index < -0.39 is 6.03 Å². The van der Waals surface area contributed by atoms with Crippen LogP contribution in [0.2, 0.25) is 5.02 Å². The van der Waals surface area contributed by atoms with Gasteiger partial charge in [0.25, 0.3) is 5.91 Å². The number of rotatable bonds is 3. The van der Waals surface area contributed by atoms with Gasteiger partial charge in [-0.1, -0.05) is 41.1 Å². The molecule has 1 atom stereocenters. The highest BCUT2D eigenvalue weighted by molar-refractivity contribution is 7.17. The predicted molar refractivity (Wildman–Crippen MR) is 117 cm³/mol. The van der Waals surface area contributed by atoms with Gasteiger partial charge in [0.2, 0.25) is 0 Å². The van der Waals surface area contributed by atoms with Crippen LogP contribution in [0.15, 0.2) is 48.5 Å². The van der Waals surface area contributed by atoms with Gasteiger partial charge in [-0.25, -0.2) is 9.78 Å². The molecule has 1 aromatic heterocycles. The first kappa shape index (κ1) is 19.4. The van der Waals surface area contributed by atoms with Crippen LogP contribution in [0.5, 0.6) is 0 Å².